The topological polar surface area (TPSA) is 92.9 Å². The molecule has 4 aromatic rings. The average Bonchev–Trinajstić information content (AvgIpc) is 3.32. The van der Waals surface area contributed by atoms with E-state index in [1.54, 1.807) is 30.1 Å². The van der Waals surface area contributed by atoms with E-state index in [2.05, 4.69) is 16.2 Å². The predicted molar refractivity (Wildman–Crippen MR) is 104 cm³/mol. The van der Waals surface area contributed by atoms with Crippen LogP contribution >= 0.6 is 0 Å². The summed E-state index contributed by atoms with van der Waals surface area (Å²) in [4.78, 5) is 15.4. The highest BCUT2D eigenvalue weighted by Crippen LogP contribution is 2.34. The molecule has 0 radical (unpaired) electrons. The van der Waals surface area contributed by atoms with Crippen LogP contribution in [0, 0.1) is 18.3 Å². The SMILES string of the molecule is COC(=O)c1c[nH]c2c(C)cc(OC)c(Cn3cc4ccc(C#N)cc4n3)c12. The quantitative estimate of drug-likeness (QED) is 0.552. The Morgan fingerprint density at radius 2 is 2.14 bits per heavy atom. The van der Waals surface area contributed by atoms with Gasteiger partial charge in [-0.2, -0.15) is 10.4 Å². The second kappa shape index (κ2) is 6.74. The lowest BCUT2D eigenvalue weighted by Crippen LogP contribution is -2.06. The summed E-state index contributed by atoms with van der Waals surface area (Å²) in [5.41, 5.74) is 4.42. The molecule has 2 heterocycles. The lowest BCUT2D eigenvalue weighted by atomic mass is 10.0. The summed E-state index contributed by atoms with van der Waals surface area (Å²) in [5.74, 6) is 0.261. The monoisotopic (exact) mass is 374 g/mol. The van der Waals surface area contributed by atoms with Crippen molar-refractivity contribution in [2.45, 2.75) is 13.5 Å². The zero-order chi connectivity index (χ0) is 19.8. The molecule has 0 saturated heterocycles. The number of carbonyl (C=O) groups is 1. The number of aromatic amines is 1. The molecule has 2 aromatic carbocycles. The van der Waals surface area contributed by atoms with Gasteiger partial charge in [0, 0.05) is 34.2 Å². The first kappa shape index (κ1) is 17.6. The van der Waals surface area contributed by atoms with Crippen LogP contribution in [0.2, 0.25) is 0 Å². The highest BCUT2D eigenvalue weighted by atomic mass is 16.5. The number of hydrogen-bond acceptors (Lipinski definition) is 5. The summed E-state index contributed by atoms with van der Waals surface area (Å²) in [6.07, 6.45) is 3.57. The Balaban J connectivity index is 1.90. The normalized spacial score (nSPS) is 10.9. The zero-order valence-corrected chi connectivity index (χ0v) is 15.7. The number of aromatic nitrogens is 3. The number of carbonyl (C=O) groups excluding carboxylic acids is 1. The van der Waals surface area contributed by atoms with Gasteiger partial charge in [-0.3, -0.25) is 4.68 Å². The van der Waals surface area contributed by atoms with Crippen LogP contribution < -0.4 is 4.74 Å². The molecule has 2 aromatic heterocycles. The van der Waals surface area contributed by atoms with Crippen molar-refractivity contribution in [3.63, 3.8) is 0 Å². The van der Waals surface area contributed by atoms with Gasteiger partial charge in [-0.15, -0.1) is 0 Å². The van der Waals surface area contributed by atoms with Crippen LogP contribution in [0.25, 0.3) is 21.8 Å². The van der Waals surface area contributed by atoms with Crippen molar-refractivity contribution in [3.05, 3.63) is 58.9 Å². The van der Waals surface area contributed by atoms with E-state index < -0.39 is 5.97 Å². The van der Waals surface area contributed by atoms with Crippen molar-refractivity contribution >= 4 is 27.8 Å². The third-order valence-corrected chi connectivity index (χ3v) is 4.85. The summed E-state index contributed by atoms with van der Waals surface area (Å²) in [7, 11) is 2.97. The molecular formula is C21H18N4O3. The van der Waals surface area contributed by atoms with E-state index in [1.165, 1.54) is 7.11 Å². The second-order valence-electron chi connectivity index (χ2n) is 6.53. The van der Waals surface area contributed by atoms with Crippen LogP contribution in [0.1, 0.15) is 27.0 Å². The summed E-state index contributed by atoms with van der Waals surface area (Å²) < 4.78 is 12.3. The number of nitriles is 1. The van der Waals surface area contributed by atoms with Crippen molar-refractivity contribution in [3.8, 4) is 11.8 Å². The Hall–Kier alpha value is -3.79. The van der Waals surface area contributed by atoms with Gasteiger partial charge in [0.15, 0.2) is 0 Å². The number of ether oxygens (including phenoxy) is 2. The Labute approximate surface area is 161 Å². The molecule has 0 amide bonds. The van der Waals surface area contributed by atoms with Crippen LogP contribution in [-0.2, 0) is 11.3 Å². The fraction of sp³-hybridized carbons (Fsp3) is 0.190. The van der Waals surface area contributed by atoms with E-state index in [1.807, 2.05) is 25.3 Å². The summed E-state index contributed by atoms with van der Waals surface area (Å²) >= 11 is 0. The van der Waals surface area contributed by atoms with Crippen LogP contribution in [0.15, 0.2) is 36.7 Å². The number of rotatable bonds is 4. The lowest BCUT2D eigenvalue weighted by Gasteiger charge is -2.13. The molecule has 1 N–H and O–H groups in total. The Morgan fingerprint density at radius 3 is 2.86 bits per heavy atom. The number of esters is 1. The maximum Gasteiger partial charge on any atom is 0.340 e. The zero-order valence-electron chi connectivity index (χ0n) is 15.7. The van der Waals surface area contributed by atoms with Gasteiger partial charge in [-0.05, 0) is 36.8 Å². The minimum atomic E-state index is -0.413. The average molecular weight is 374 g/mol. The van der Waals surface area contributed by atoms with E-state index in [0.717, 1.165) is 32.9 Å². The molecule has 140 valence electrons. The van der Waals surface area contributed by atoms with Gasteiger partial charge in [0.1, 0.15) is 5.75 Å². The van der Waals surface area contributed by atoms with E-state index in [4.69, 9.17) is 14.7 Å². The standard InChI is InChI=1S/C21H18N4O3/c1-12-6-18(27-2)16(19-15(21(26)28-3)9-23-20(12)19)11-25-10-14-5-4-13(8-22)7-17(14)24-25/h4-7,9-10,23H,11H2,1-3H3. The Kier molecular flexibility index (Phi) is 4.24. The first-order valence-corrected chi connectivity index (χ1v) is 8.69. The minimum Gasteiger partial charge on any atom is -0.496 e. The summed E-state index contributed by atoms with van der Waals surface area (Å²) in [6.45, 7) is 2.36. The van der Waals surface area contributed by atoms with Gasteiger partial charge in [0.25, 0.3) is 0 Å². The number of fused-ring (bicyclic) bond motifs is 2. The predicted octanol–water partition coefficient (Wildman–Crippen LogP) is 3.54. The smallest absolute Gasteiger partial charge is 0.340 e. The number of benzene rings is 2. The molecule has 7 nitrogen and oxygen atoms in total. The molecule has 0 unspecified atom stereocenters. The van der Waals surface area contributed by atoms with Crippen LogP contribution in [-0.4, -0.2) is 35.0 Å². The summed E-state index contributed by atoms with van der Waals surface area (Å²) in [6, 6.07) is 9.45. The number of H-pyrrole nitrogens is 1. The number of aryl methyl sites for hydroxylation is 1. The Morgan fingerprint density at radius 1 is 1.32 bits per heavy atom. The molecule has 0 aliphatic carbocycles. The first-order chi connectivity index (χ1) is 13.5. The fourth-order valence-corrected chi connectivity index (χ4v) is 3.52. The molecule has 7 heteroatoms. The molecule has 0 spiro atoms. The Bertz CT molecular complexity index is 1260. The van der Waals surface area contributed by atoms with Crippen LogP contribution in [0.3, 0.4) is 0 Å². The third-order valence-electron chi connectivity index (χ3n) is 4.85. The fourth-order valence-electron chi connectivity index (χ4n) is 3.52. The number of nitrogens with zero attached hydrogens (tertiary/aromatic N) is 3. The molecule has 4 rings (SSSR count). The van der Waals surface area contributed by atoms with E-state index in [0.29, 0.717) is 23.4 Å². The molecule has 0 bridgehead atoms. The van der Waals surface area contributed by atoms with Gasteiger partial charge in [-0.1, -0.05) is 0 Å². The van der Waals surface area contributed by atoms with Crippen molar-refractivity contribution in [1.29, 1.82) is 5.26 Å². The van der Waals surface area contributed by atoms with Crippen LogP contribution in [0.4, 0.5) is 0 Å². The number of methoxy groups -OCH3 is 2. The maximum absolute atomic E-state index is 12.3. The molecule has 0 aliphatic rings. The van der Waals surface area contributed by atoms with Crippen LogP contribution in [0.5, 0.6) is 5.75 Å². The number of hydrogen-bond donors (Lipinski definition) is 1. The first-order valence-electron chi connectivity index (χ1n) is 8.69. The number of nitrogens with one attached hydrogen (secondary N) is 1. The summed E-state index contributed by atoms with van der Waals surface area (Å²) in [5, 5.41) is 15.4. The van der Waals surface area contributed by atoms with Crippen molar-refractivity contribution in [1.82, 2.24) is 14.8 Å². The van der Waals surface area contributed by atoms with Crippen molar-refractivity contribution < 1.29 is 14.3 Å². The van der Waals surface area contributed by atoms with Gasteiger partial charge in [0.2, 0.25) is 0 Å². The lowest BCUT2D eigenvalue weighted by molar-refractivity contribution is 0.0603. The van der Waals surface area contributed by atoms with Gasteiger partial charge in [-0.25, -0.2) is 4.79 Å². The van der Waals surface area contributed by atoms with Gasteiger partial charge >= 0.3 is 5.97 Å². The van der Waals surface area contributed by atoms with Gasteiger partial charge < -0.3 is 14.5 Å². The molecule has 0 atom stereocenters. The third kappa shape index (κ3) is 2.76. The van der Waals surface area contributed by atoms with Gasteiger partial charge in [0.05, 0.1) is 43.5 Å². The molecule has 28 heavy (non-hydrogen) atoms. The van der Waals surface area contributed by atoms with Crippen molar-refractivity contribution in [2.75, 3.05) is 14.2 Å². The van der Waals surface area contributed by atoms with E-state index >= 15 is 0 Å². The molecule has 0 fully saturated rings. The van der Waals surface area contributed by atoms with E-state index in [9.17, 15) is 4.79 Å². The second-order valence-corrected chi connectivity index (χ2v) is 6.53. The minimum absolute atomic E-state index is 0.401. The largest absolute Gasteiger partial charge is 0.496 e. The molecule has 0 aliphatic heterocycles. The maximum atomic E-state index is 12.3. The van der Waals surface area contributed by atoms with E-state index in [-0.39, 0.29) is 0 Å². The molecular weight excluding hydrogens is 356 g/mol. The highest BCUT2D eigenvalue weighted by Gasteiger charge is 2.21. The molecule has 0 saturated carbocycles. The van der Waals surface area contributed by atoms with Crippen molar-refractivity contribution in [2.24, 2.45) is 0 Å². The highest BCUT2D eigenvalue weighted by molar-refractivity contribution is 6.07.